The van der Waals surface area contributed by atoms with Gasteiger partial charge in [-0.2, -0.15) is 0 Å². The van der Waals surface area contributed by atoms with Crippen LogP contribution < -0.4 is 10.6 Å². The first-order chi connectivity index (χ1) is 9.54. The summed E-state index contributed by atoms with van der Waals surface area (Å²) in [5.74, 6) is -0.800. The number of hydrogen-bond acceptors (Lipinski definition) is 3. The van der Waals surface area contributed by atoms with Crippen LogP contribution in [0.1, 0.15) is 39.5 Å². The average Bonchev–Trinajstić information content (AvgIpc) is 2.37. The molecule has 6 nitrogen and oxygen atoms in total. The summed E-state index contributed by atoms with van der Waals surface area (Å²) in [6.07, 6.45) is 3.15. The third-order valence-corrected chi connectivity index (χ3v) is 4.18. The smallest absolute Gasteiger partial charge is 0.314 e. The van der Waals surface area contributed by atoms with E-state index < -0.39 is 11.4 Å². The Kier molecular flexibility index (Phi) is 6.78. The Labute approximate surface area is 120 Å². The molecule has 0 unspecified atom stereocenters. The van der Waals surface area contributed by atoms with Gasteiger partial charge in [-0.1, -0.05) is 20.3 Å². The van der Waals surface area contributed by atoms with Crippen molar-refractivity contribution in [2.24, 2.45) is 5.41 Å². The maximum Gasteiger partial charge on any atom is 0.314 e. The summed E-state index contributed by atoms with van der Waals surface area (Å²) in [4.78, 5) is 25.0. The summed E-state index contributed by atoms with van der Waals surface area (Å²) in [7, 11) is 0. The molecule has 0 aromatic carbocycles. The lowest BCUT2D eigenvalue weighted by Gasteiger charge is -2.37. The zero-order valence-electron chi connectivity index (χ0n) is 12.6. The molecule has 0 aromatic heterocycles. The fraction of sp³-hybridized carbons (Fsp3) is 0.857. The first-order valence-corrected chi connectivity index (χ1v) is 7.51. The van der Waals surface area contributed by atoms with Crippen LogP contribution in [0.3, 0.4) is 0 Å². The van der Waals surface area contributed by atoms with E-state index in [-0.39, 0.29) is 12.6 Å². The van der Waals surface area contributed by atoms with Gasteiger partial charge in [0, 0.05) is 13.1 Å². The van der Waals surface area contributed by atoms with Crippen LogP contribution in [0.25, 0.3) is 0 Å². The first kappa shape index (κ1) is 16.8. The third kappa shape index (κ3) is 4.67. The molecule has 0 aliphatic heterocycles. The predicted molar refractivity (Wildman–Crippen MR) is 77.7 cm³/mol. The number of amides is 2. The highest BCUT2D eigenvalue weighted by Gasteiger charge is 2.44. The Bertz CT molecular complexity index is 326. The minimum atomic E-state index is -0.800. The van der Waals surface area contributed by atoms with Crippen molar-refractivity contribution in [3.8, 4) is 0 Å². The van der Waals surface area contributed by atoms with E-state index in [0.717, 1.165) is 32.5 Å². The number of aliphatic carboxylic acids is 1. The van der Waals surface area contributed by atoms with Gasteiger partial charge in [-0.25, -0.2) is 4.79 Å². The molecule has 0 radical (unpaired) electrons. The van der Waals surface area contributed by atoms with Crippen molar-refractivity contribution in [2.45, 2.75) is 39.5 Å². The molecule has 0 aromatic rings. The van der Waals surface area contributed by atoms with E-state index >= 15 is 0 Å². The summed E-state index contributed by atoms with van der Waals surface area (Å²) in [6.45, 7) is 8.08. The fourth-order valence-corrected chi connectivity index (χ4v) is 2.43. The van der Waals surface area contributed by atoms with Crippen LogP contribution in [0.5, 0.6) is 0 Å². The monoisotopic (exact) mass is 285 g/mol. The summed E-state index contributed by atoms with van der Waals surface area (Å²) >= 11 is 0. The second-order valence-corrected chi connectivity index (χ2v) is 5.43. The number of hydrogen-bond donors (Lipinski definition) is 3. The van der Waals surface area contributed by atoms with Gasteiger partial charge in [0.1, 0.15) is 0 Å². The standard InChI is InChI=1S/C14H27N3O3/c1-3-17(4-2)10-6-9-15-13(20)16-11-14(12(18)19)7-5-8-14/h3-11H2,1-2H3,(H,18,19)(H2,15,16,20). The molecular formula is C14H27N3O3. The number of carbonyl (C=O) groups excluding carboxylic acids is 1. The van der Waals surface area contributed by atoms with Crippen LogP contribution in [-0.4, -0.2) is 54.7 Å². The van der Waals surface area contributed by atoms with Crippen LogP contribution in [0.15, 0.2) is 0 Å². The predicted octanol–water partition coefficient (Wildman–Crippen LogP) is 1.27. The number of rotatable bonds is 9. The maximum atomic E-state index is 11.6. The minimum Gasteiger partial charge on any atom is -0.481 e. The Hall–Kier alpha value is -1.30. The van der Waals surface area contributed by atoms with Crippen molar-refractivity contribution in [1.29, 1.82) is 0 Å². The number of carbonyl (C=O) groups is 2. The SMILES string of the molecule is CCN(CC)CCCNC(=O)NCC1(C(=O)O)CCC1. The van der Waals surface area contributed by atoms with E-state index in [1.165, 1.54) is 0 Å². The van der Waals surface area contributed by atoms with E-state index in [9.17, 15) is 9.59 Å². The Balaban J connectivity index is 2.13. The average molecular weight is 285 g/mol. The summed E-state index contributed by atoms with van der Waals surface area (Å²) < 4.78 is 0. The second kappa shape index (κ2) is 8.09. The Morgan fingerprint density at radius 2 is 1.85 bits per heavy atom. The molecule has 1 rings (SSSR count). The van der Waals surface area contributed by atoms with Gasteiger partial charge in [-0.05, 0) is 38.9 Å². The molecule has 1 fully saturated rings. The van der Waals surface area contributed by atoms with E-state index in [4.69, 9.17) is 5.11 Å². The molecule has 0 atom stereocenters. The fourth-order valence-electron chi connectivity index (χ4n) is 2.43. The quantitative estimate of drug-likeness (QED) is 0.557. The van der Waals surface area contributed by atoms with Gasteiger partial charge in [-0.15, -0.1) is 0 Å². The van der Waals surface area contributed by atoms with Crippen LogP contribution in [-0.2, 0) is 4.79 Å². The number of nitrogens with one attached hydrogen (secondary N) is 2. The zero-order chi connectivity index (χ0) is 15.0. The van der Waals surface area contributed by atoms with Crippen LogP contribution in [0.4, 0.5) is 4.79 Å². The second-order valence-electron chi connectivity index (χ2n) is 5.43. The molecule has 116 valence electrons. The molecule has 1 aliphatic carbocycles. The lowest BCUT2D eigenvalue weighted by atomic mass is 9.69. The molecule has 3 N–H and O–H groups in total. The van der Waals surface area contributed by atoms with E-state index in [1.807, 2.05) is 0 Å². The largest absolute Gasteiger partial charge is 0.481 e. The van der Waals surface area contributed by atoms with Crippen LogP contribution >= 0.6 is 0 Å². The highest BCUT2D eigenvalue weighted by Crippen LogP contribution is 2.40. The molecule has 0 spiro atoms. The summed E-state index contributed by atoms with van der Waals surface area (Å²) in [6, 6.07) is -0.267. The van der Waals surface area contributed by atoms with Gasteiger partial charge in [0.05, 0.1) is 5.41 Å². The van der Waals surface area contributed by atoms with E-state index in [0.29, 0.717) is 19.4 Å². The van der Waals surface area contributed by atoms with E-state index in [1.54, 1.807) is 0 Å². The van der Waals surface area contributed by atoms with Crippen LogP contribution in [0, 0.1) is 5.41 Å². The van der Waals surface area contributed by atoms with Crippen molar-refractivity contribution in [1.82, 2.24) is 15.5 Å². The third-order valence-electron chi connectivity index (χ3n) is 4.18. The molecule has 1 aliphatic rings. The highest BCUT2D eigenvalue weighted by atomic mass is 16.4. The molecule has 6 heteroatoms. The molecule has 1 saturated carbocycles. The topological polar surface area (TPSA) is 81.7 Å². The molecule has 20 heavy (non-hydrogen) atoms. The molecule has 0 heterocycles. The van der Waals surface area contributed by atoms with Gasteiger partial charge in [0.2, 0.25) is 0 Å². The summed E-state index contributed by atoms with van der Waals surface area (Å²) in [5.41, 5.74) is -0.724. The van der Waals surface area contributed by atoms with Gasteiger partial charge in [0.25, 0.3) is 0 Å². The van der Waals surface area contributed by atoms with Crippen LogP contribution in [0.2, 0.25) is 0 Å². The number of nitrogens with zero attached hydrogens (tertiary/aromatic N) is 1. The number of urea groups is 1. The van der Waals surface area contributed by atoms with Crippen molar-refractivity contribution in [3.63, 3.8) is 0 Å². The van der Waals surface area contributed by atoms with Crippen molar-refractivity contribution >= 4 is 12.0 Å². The first-order valence-electron chi connectivity index (χ1n) is 7.51. The Morgan fingerprint density at radius 1 is 1.20 bits per heavy atom. The van der Waals surface area contributed by atoms with E-state index in [2.05, 4.69) is 29.4 Å². The number of carboxylic acids is 1. The highest BCUT2D eigenvalue weighted by molar-refractivity contribution is 5.78. The van der Waals surface area contributed by atoms with Gasteiger partial charge < -0.3 is 20.6 Å². The van der Waals surface area contributed by atoms with Gasteiger partial charge >= 0.3 is 12.0 Å². The van der Waals surface area contributed by atoms with Crippen molar-refractivity contribution in [2.75, 3.05) is 32.7 Å². The number of carboxylic acid groups (broad SMARTS) is 1. The molecule has 2 amide bonds. The Morgan fingerprint density at radius 3 is 2.30 bits per heavy atom. The summed E-state index contributed by atoms with van der Waals surface area (Å²) in [5, 5.41) is 14.6. The lowest BCUT2D eigenvalue weighted by molar-refractivity contribution is -0.153. The minimum absolute atomic E-state index is 0.226. The van der Waals surface area contributed by atoms with Crippen molar-refractivity contribution < 1.29 is 14.7 Å². The zero-order valence-corrected chi connectivity index (χ0v) is 12.6. The molecule has 0 bridgehead atoms. The molecular weight excluding hydrogens is 258 g/mol. The maximum absolute atomic E-state index is 11.6. The van der Waals surface area contributed by atoms with Crippen molar-refractivity contribution in [3.05, 3.63) is 0 Å². The van der Waals surface area contributed by atoms with Gasteiger partial charge in [-0.3, -0.25) is 4.79 Å². The molecule has 0 saturated heterocycles. The lowest BCUT2D eigenvalue weighted by Crippen LogP contribution is -2.49. The van der Waals surface area contributed by atoms with Gasteiger partial charge in [0.15, 0.2) is 0 Å². The normalized spacial score (nSPS) is 16.6.